The van der Waals surface area contributed by atoms with E-state index in [4.69, 9.17) is 0 Å². The maximum Gasteiger partial charge on any atom is 0.416 e. The van der Waals surface area contributed by atoms with Gasteiger partial charge in [0.05, 0.1) is 23.0 Å². The Labute approximate surface area is 152 Å². The van der Waals surface area contributed by atoms with Gasteiger partial charge in [0.2, 0.25) is 5.91 Å². The number of halogens is 3. The molecule has 0 aromatic heterocycles. The molecule has 1 aromatic carbocycles. The molecule has 0 aliphatic carbocycles. The summed E-state index contributed by atoms with van der Waals surface area (Å²) in [5, 5.41) is -0.414. The van der Waals surface area contributed by atoms with Crippen LogP contribution >= 0.6 is 0 Å². The second kappa shape index (κ2) is 7.98. The van der Waals surface area contributed by atoms with E-state index in [0.29, 0.717) is 31.5 Å². The van der Waals surface area contributed by atoms with Gasteiger partial charge in [0.25, 0.3) is 0 Å². The first kappa shape index (κ1) is 20.7. The lowest BCUT2D eigenvalue weighted by atomic mass is 9.98. The molecule has 1 aliphatic rings. The maximum atomic E-state index is 12.8. The van der Waals surface area contributed by atoms with Crippen LogP contribution in [0.1, 0.15) is 37.8 Å². The highest BCUT2D eigenvalue weighted by atomic mass is 32.2. The Bertz CT molecular complexity index is 736. The molecule has 0 N–H and O–H groups in total. The normalized spacial score (nSPS) is 16.9. The molecule has 2 rings (SSSR count). The minimum Gasteiger partial charge on any atom is -0.342 e. The summed E-state index contributed by atoms with van der Waals surface area (Å²) < 4.78 is 62.2. The fraction of sp³-hybridized carbons (Fsp3) is 0.611. The van der Waals surface area contributed by atoms with Crippen LogP contribution in [0.5, 0.6) is 0 Å². The minimum atomic E-state index is -4.43. The molecular weight excluding hydrogens is 367 g/mol. The molecule has 8 heteroatoms. The Hall–Kier alpha value is -1.57. The highest BCUT2D eigenvalue weighted by Crippen LogP contribution is 2.30. The predicted molar refractivity (Wildman–Crippen MR) is 93.4 cm³/mol. The maximum absolute atomic E-state index is 12.8. The van der Waals surface area contributed by atoms with Crippen molar-refractivity contribution in [2.24, 2.45) is 5.92 Å². The molecule has 1 amide bonds. The van der Waals surface area contributed by atoms with E-state index in [9.17, 15) is 26.4 Å². The SMILES string of the molecule is CC(C)S(=O)(=O)CC1CCN(C(=O)Cc2cccc(C(F)(F)F)c2)CC1. The molecule has 1 aliphatic heterocycles. The van der Waals surface area contributed by atoms with E-state index in [1.807, 2.05) is 0 Å². The summed E-state index contributed by atoms with van der Waals surface area (Å²) in [4.78, 5) is 14.0. The largest absolute Gasteiger partial charge is 0.416 e. The first-order valence-corrected chi connectivity index (χ1v) is 10.4. The summed E-state index contributed by atoms with van der Waals surface area (Å²) in [5.41, 5.74) is -0.435. The zero-order valence-corrected chi connectivity index (χ0v) is 15.7. The van der Waals surface area contributed by atoms with Crippen molar-refractivity contribution >= 4 is 15.7 Å². The van der Waals surface area contributed by atoms with Gasteiger partial charge in [-0.05, 0) is 44.2 Å². The second-order valence-electron chi connectivity index (χ2n) is 7.08. The predicted octanol–water partition coefficient (Wildman–Crippen LogP) is 3.31. The lowest BCUT2D eigenvalue weighted by molar-refractivity contribution is -0.138. The average molecular weight is 391 g/mol. The van der Waals surface area contributed by atoms with Crippen LogP contribution in [0.25, 0.3) is 0 Å². The number of benzene rings is 1. The molecule has 0 radical (unpaired) electrons. The van der Waals surface area contributed by atoms with Crippen molar-refractivity contribution < 1.29 is 26.4 Å². The van der Waals surface area contributed by atoms with Gasteiger partial charge in [0, 0.05) is 13.1 Å². The summed E-state index contributed by atoms with van der Waals surface area (Å²) in [6, 6.07) is 4.79. The number of carbonyl (C=O) groups excluding carboxylic acids is 1. The topological polar surface area (TPSA) is 54.5 Å². The fourth-order valence-corrected chi connectivity index (χ4v) is 4.39. The smallest absolute Gasteiger partial charge is 0.342 e. The molecule has 26 heavy (non-hydrogen) atoms. The molecule has 0 atom stereocenters. The van der Waals surface area contributed by atoms with Gasteiger partial charge in [-0.2, -0.15) is 13.2 Å². The Morgan fingerprint density at radius 3 is 2.38 bits per heavy atom. The van der Waals surface area contributed by atoms with Crippen molar-refractivity contribution in [3.8, 4) is 0 Å². The third-order valence-corrected chi connectivity index (χ3v) is 7.14. The molecule has 0 bridgehead atoms. The van der Waals surface area contributed by atoms with E-state index >= 15 is 0 Å². The zero-order chi connectivity index (χ0) is 19.5. The summed E-state index contributed by atoms with van der Waals surface area (Å²) in [6.07, 6.45) is -3.32. The van der Waals surface area contributed by atoms with Crippen molar-refractivity contribution in [3.05, 3.63) is 35.4 Å². The number of nitrogens with zero attached hydrogens (tertiary/aromatic N) is 1. The quantitative estimate of drug-likeness (QED) is 0.774. The van der Waals surface area contributed by atoms with Crippen molar-refractivity contribution in [2.45, 2.75) is 44.5 Å². The van der Waals surface area contributed by atoms with Crippen LogP contribution in [-0.2, 0) is 27.2 Å². The van der Waals surface area contributed by atoms with Crippen molar-refractivity contribution in [2.75, 3.05) is 18.8 Å². The Morgan fingerprint density at radius 2 is 1.85 bits per heavy atom. The monoisotopic (exact) mass is 391 g/mol. The highest BCUT2D eigenvalue weighted by Gasteiger charge is 2.31. The first-order valence-electron chi connectivity index (χ1n) is 8.64. The van der Waals surface area contributed by atoms with Gasteiger partial charge in [-0.3, -0.25) is 4.79 Å². The van der Waals surface area contributed by atoms with Gasteiger partial charge in [0.1, 0.15) is 0 Å². The second-order valence-corrected chi connectivity index (χ2v) is 9.68. The molecular formula is C18H24F3NO3S. The number of sulfone groups is 1. The van der Waals surface area contributed by atoms with Crippen molar-refractivity contribution in [1.82, 2.24) is 4.90 Å². The first-order chi connectivity index (χ1) is 12.0. The summed E-state index contributed by atoms with van der Waals surface area (Å²) >= 11 is 0. The van der Waals surface area contributed by atoms with E-state index < -0.39 is 26.8 Å². The van der Waals surface area contributed by atoms with Crippen LogP contribution in [0.4, 0.5) is 13.2 Å². The number of alkyl halides is 3. The molecule has 0 unspecified atom stereocenters. The number of piperidine rings is 1. The lowest BCUT2D eigenvalue weighted by Crippen LogP contribution is -2.41. The van der Waals surface area contributed by atoms with Gasteiger partial charge in [0.15, 0.2) is 9.84 Å². The molecule has 1 aromatic rings. The lowest BCUT2D eigenvalue weighted by Gasteiger charge is -2.32. The number of carbonyl (C=O) groups is 1. The Morgan fingerprint density at radius 1 is 1.23 bits per heavy atom. The molecule has 0 spiro atoms. The van der Waals surface area contributed by atoms with E-state index in [2.05, 4.69) is 0 Å². The van der Waals surface area contributed by atoms with Gasteiger partial charge in [-0.15, -0.1) is 0 Å². The van der Waals surface area contributed by atoms with Gasteiger partial charge >= 0.3 is 6.18 Å². The van der Waals surface area contributed by atoms with Crippen LogP contribution in [0.2, 0.25) is 0 Å². The highest BCUT2D eigenvalue weighted by molar-refractivity contribution is 7.91. The number of rotatable bonds is 5. The van der Waals surface area contributed by atoms with Crippen LogP contribution in [0.3, 0.4) is 0 Å². The molecule has 1 heterocycles. The number of hydrogen-bond acceptors (Lipinski definition) is 3. The minimum absolute atomic E-state index is 0.0278. The van der Waals surface area contributed by atoms with E-state index in [-0.39, 0.29) is 24.0 Å². The van der Waals surface area contributed by atoms with Crippen molar-refractivity contribution in [1.29, 1.82) is 0 Å². The van der Waals surface area contributed by atoms with E-state index in [1.54, 1.807) is 18.7 Å². The third kappa shape index (κ3) is 5.46. The molecule has 1 fully saturated rings. The Balaban J connectivity index is 1.91. The number of likely N-dealkylation sites (tertiary alicyclic amines) is 1. The summed E-state index contributed by atoms with van der Waals surface area (Å²) in [6.45, 7) is 4.19. The summed E-state index contributed by atoms with van der Waals surface area (Å²) in [7, 11) is -3.11. The van der Waals surface area contributed by atoms with Gasteiger partial charge in [-0.25, -0.2) is 8.42 Å². The summed E-state index contributed by atoms with van der Waals surface area (Å²) in [5.74, 6) is -0.0742. The molecule has 4 nitrogen and oxygen atoms in total. The fourth-order valence-electron chi connectivity index (χ4n) is 3.01. The molecule has 146 valence electrons. The average Bonchev–Trinajstić information content (AvgIpc) is 2.54. The van der Waals surface area contributed by atoms with Gasteiger partial charge in [-0.1, -0.05) is 18.2 Å². The van der Waals surface area contributed by atoms with E-state index in [0.717, 1.165) is 12.1 Å². The number of amides is 1. The zero-order valence-electron chi connectivity index (χ0n) is 14.9. The van der Waals surface area contributed by atoms with E-state index in [1.165, 1.54) is 12.1 Å². The van der Waals surface area contributed by atoms with Crippen LogP contribution in [0.15, 0.2) is 24.3 Å². The molecule has 0 saturated carbocycles. The molecule has 1 saturated heterocycles. The Kier molecular flexibility index (Phi) is 6.37. The van der Waals surface area contributed by atoms with Crippen LogP contribution < -0.4 is 0 Å². The van der Waals surface area contributed by atoms with Crippen molar-refractivity contribution in [3.63, 3.8) is 0 Å². The number of hydrogen-bond donors (Lipinski definition) is 0. The van der Waals surface area contributed by atoms with Gasteiger partial charge < -0.3 is 4.90 Å². The van der Waals surface area contributed by atoms with Crippen LogP contribution in [-0.4, -0.2) is 43.3 Å². The third-order valence-electron chi connectivity index (χ3n) is 4.76. The van der Waals surface area contributed by atoms with Crippen LogP contribution in [0, 0.1) is 5.92 Å². The standard InChI is InChI=1S/C18H24F3NO3S/c1-13(2)26(24,25)12-14-6-8-22(9-7-14)17(23)11-15-4-3-5-16(10-15)18(19,20)21/h3-5,10,13-14H,6-9,11-12H2,1-2H3.